The second-order valence-corrected chi connectivity index (χ2v) is 8.76. The smallest absolute Gasteiger partial charge is 0.395 e. The molecule has 0 bridgehead atoms. The van der Waals surface area contributed by atoms with Gasteiger partial charge < -0.3 is 14.5 Å². The summed E-state index contributed by atoms with van der Waals surface area (Å²) in [7, 11) is 0. The molecule has 4 aromatic rings. The van der Waals surface area contributed by atoms with Gasteiger partial charge in [-0.3, -0.25) is 9.78 Å². The zero-order valence-electron chi connectivity index (χ0n) is 17.8. The first-order chi connectivity index (χ1) is 15.8. The van der Waals surface area contributed by atoms with Crippen LogP contribution in [0.25, 0.3) is 22.2 Å². The van der Waals surface area contributed by atoms with Crippen LogP contribution in [0.15, 0.2) is 60.8 Å². The van der Waals surface area contributed by atoms with Crippen molar-refractivity contribution >= 4 is 16.7 Å². The number of hydrogen-bond donors (Lipinski definition) is 1. The summed E-state index contributed by atoms with van der Waals surface area (Å²) in [6, 6.07) is 16.6. The highest BCUT2D eigenvalue weighted by molar-refractivity contribution is 5.94. The molecule has 0 radical (unpaired) electrons. The summed E-state index contributed by atoms with van der Waals surface area (Å²) in [5.41, 5.74) is 4.60. The minimum Gasteiger partial charge on any atom is -0.395 e. The minimum absolute atomic E-state index is 0. The van der Waals surface area contributed by atoms with Gasteiger partial charge in [0, 0.05) is 36.2 Å². The fourth-order valence-corrected chi connectivity index (χ4v) is 4.59. The molecule has 6 rings (SSSR count). The quantitative estimate of drug-likeness (QED) is 0.410. The summed E-state index contributed by atoms with van der Waals surface area (Å²) in [4.78, 5) is 21.3. The van der Waals surface area contributed by atoms with Crippen molar-refractivity contribution in [1.82, 2.24) is 9.97 Å². The largest absolute Gasteiger partial charge is 0.586 e. The predicted molar refractivity (Wildman–Crippen MR) is 121 cm³/mol. The van der Waals surface area contributed by atoms with Crippen LogP contribution in [0.1, 0.15) is 31.1 Å². The Kier molecular flexibility index (Phi) is 4.15. The van der Waals surface area contributed by atoms with Crippen LogP contribution in [0.5, 0.6) is 11.5 Å². The van der Waals surface area contributed by atoms with Crippen molar-refractivity contribution in [2.75, 3.05) is 0 Å². The number of benzene rings is 2. The Bertz CT molecular complexity index is 1430. The van der Waals surface area contributed by atoms with E-state index in [0.29, 0.717) is 24.1 Å². The first-order valence-electron chi connectivity index (χ1n) is 10.8. The summed E-state index contributed by atoms with van der Waals surface area (Å²) in [6.07, 6.45) is -0.261. The highest BCUT2D eigenvalue weighted by Gasteiger charge is 2.52. The topological polar surface area (TPSA) is 64.2 Å². The van der Waals surface area contributed by atoms with Crippen LogP contribution >= 0.6 is 0 Å². The molecule has 1 aliphatic carbocycles. The number of H-pyrrole nitrogens is 1. The molecule has 33 heavy (non-hydrogen) atoms. The lowest BCUT2D eigenvalue weighted by Crippen LogP contribution is -2.26. The molecule has 1 fully saturated rings. The Balaban J connectivity index is 0.00000241. The van der Waals surface area contributed by atoms with Crippen LogP contribution in [-0.4, -0.2) is 22.0 Å². The molecule has 0 amide bonds. The third kappa shape index (κ3) is 3.35. The average Bonchev–Trinajstić information content (AvgIpc) is 3.35. The van der Waals surface area contributed by atoms with Gasteiger partial charge in [-0.1, -0.05) is 18.2 Å². The first-order valence-corrected chi connectivity index (χ1v) is 10.8. The van der Waals surface area contributed by atoms with E-state index in [1.165, 1.54) is 12.1 Å². The maximum Gasteiger partial charge on any atom is 0.586 e. The third-order valence-corrected chi connectivity index (χ3v) is 6.56. The Hall–Kier alpha value is -3.74. The van der Waals surface area contributed by atoms with Crippen LogP contribution < -0.4 is 9.47 Å². The summed E-state index contributed by atoms with van der Waals surface area (Å²) in [5.74, 6) is -0.0276. The number of aryl methyl sites for hydroxylation is 1. The second kappa shape index (κ2) is 6.88. The Morgan fingerprint density at radius 2 is 1.88 bits per heavy atom. The molecule has 2 aromatic carbocycles. The lowest BCUT2D eigenvalue weighted by molar-refractivity contribution is -0.286. The van der Waals surface area contributed by atoms with Gasteiger partial charge in [-0.15, -0.1) is 8.78 Å². The van der Waals surface area contributed by atoms with Gasteiger partial charge in [0.15, 0.2) is 11.5 Å². The number of pyridine rings is 1. The number of nitrogens with one attached hydrogen (secondary N) is 1. The molecular formula is C26H22F2N2O3. The molecule has 2 aromatic heterocycles. The van der Waals surface area contributed by atoms with Crippen molar-refractivity contribution in [3.8, 4) is 22.8 Å². The number of ether oxygens (including phenoxy) is 2. The molecule has 3 heterocycles. The van der Waals surface area contributed by atoms with E-state index in [1.54, 1.807) is 6.07 Å². The monoisotopic (exact) mass is 448 g/mol. The first kappa shape index (κ1) is 19.9. The summed E-state index contributed by atoms with van der Waals surface area (Å²) >= 11 is 0. The molecule has 0 atom stereocenters. The zero-order chi connectivity index (χ0) is 22.8. The van der Waals surface area contributed by atoms with Crippen LogP contribution in [0.3, 0.4) is 0 Å². The summed E-state index contributed by atoms with van der Waals surface area (Å²) in [6.45, 7) is 2.00. The van der Waals surface area contributed by atoms with Crippen LogP contribution in [0.2, 0.25) is 0 Å². The number of carbonyl (C=O) groups excluding carboxylic acids is 1. The molecule has 0 unspecified atom stereocenters. The van der Waals surface area contributed by atoms with E-state index in [4.69, 9.17) is 4.98 Å². The molecule has 1 saturated carbocycles. The lowest BCUT2D eigenvalue weighted by Gasteiger charge is -2.15. The van der Waals surface area contributed by atoms with Gasteiger partial charge in [0.2, 0.25) is 0 Å². The molecular weight excluding hydrogens is 426 g/mol. The molecule has 2 aliphatic rings. The van der Waals surface area contributed by atoms with E-state index in [9.17, 15) is 13.6 Å². The number of carbonyl (C=O) groups is 1. The van der Waals surface area contributed by atoms with Crippen LogP contribution in [0.4, 0.5) is 8.78 Å². The molecule has 0 saturated heterocycles. The van der Waals surface area contributed by atoms with Crippen LogP contribution in [0, 0.1) is 6.92 Å². The Morgan fingerprint density at radius 1 is 1.06 bits per heavy atom. The highest BCUT2D eigenvalue weighted by atomic mass is 19.3. The molecule has 168 valence electrons. The minimum atomic E-state index is -3.67. The van der Waals surface area contributed by atoms with E-state index in [0.717, 1.165) is 27.7 Å². The number of Topliss-reactive ketones (excluding diaryl/α,β-unsaturated/α-hetero) is 1. The van der Waals surface area contributed by atoms with Crippen molar-refractivity contribution < 1.29 is 24.5 Å². The predicted octanol–water partition coefficient (Wildman–Crippen LogP) is 5.95. The Labute approximate surface area is 189 Å². The van der Waals surface area contributed by atoms with Crippen molar-refractivity contribution in [3.05, 3.63) is 77.6 Å². The number of aromatic amines is 1. The maximum absolute atomic E-state index is 13.4. The lowest BCUT2D eigenvalue weighted by atomic mass is 9.88. The number of ketones is 1. The number of rotatable bonds is 5. The maximum atomic E-state index is 13.4. The average molecular weight is 448 g/mol. The van der Waals surface area contributed by atoms with E-state index in [1.807, 2.05) is 43.5 Å². The zero-order valence-corrected chi connectivity index (χ0v) is 17.8. The number of fused-ring (bicyclic) bond motifs is 2. The molecule has 0 spiro atoms. The van der Waals surface area contributed by atoms with E-state index in [2.05, 4.69) is 20.5 Å². The standard InChI is InChI=1S/C26H20F2N2O3.H2/c1-15-2-5-19(30-24(15)17-3-6-20-16(12-17)8-11-29-20)14-23(31)25(9-10-25)18-4-7-21-22(13-18)33-26(27,28)32-21;/h2-8,11-13,29H,9-10,14H2,1H3;1H. The van der Waals surface area contributed by atoms with E-state index < -0.39 is 11.7 Å². The number of aromatic nitrogens is 2. The van der Waals surface area contributed by atoms with Gasteiger partial charge in [0.25, 0.3) is 0 Å². The molecule has 5 nitrogen and oxygen atoms in total. The fourth-order valence-electron chi connectivity index (χ4n) is 4.59. The van der Waals surface area contributed by atoms with E-state index >= 15 is 0 Å². The van der Waals surface area contributed by atoms with Crippen molar-refractivity contribution in [2.45, 2.75) is 37.9 Å². The van der Waals surface area contributed by atoms with Gasteiger partial charge >= 0.3 is 6.29 Å². The van der Waals surface area contributed by atoms with Crippen molar-refractivity contribution in [1.29, 1.82) is 0 Å². The summed E-state index contributed by atoms with van der Waals surface area (Å²) in [5, 5.41) is 1.10. The normalized spacial score (nSPS) is 17.3. The van der Waals surface area contributed by atoms with Gasteiger partial charge in [0.05, 0.1) is 11.1 Å². The SMILES string of the molecule is Cc1ccc(CC(=O)C2(c3ccc4c(c3)OC(F)(F)O4)CC2)nc1-c1ccc2[nH]ccc2c1.[HH]. The van der Waals surface area contributed by atoms with Crippen molar-refractivity contribution in [3.63, 3.8) is 0 Å². The van der Waals surface area contributed by atoms with Gasteiger partial charge in [-0.05, 0) is 67.3 Å². The number of halogens is 2. The number of nitrogens with zero attached hydrogens (tertiary/aromatic N) is 1. The molecule has 1 N–H and O–H groups in total. The Morgan fingerprint density at radius 3 is 2.70 bits per heavy atom. The molecule has 1 aliphatic heterocycles. The van der Waals surface area contributed by atoms with Gasteiger partial charge in [-0.2, -0.15) is 0 Å². The van der Waals surface area contributed by atoms with E-state index in [-0.39, 0.29) is 25.1 Å². The fraction of sp³-hybridized carbons (Fsp3) is 0.231. The van der Waals surface area contributed by atoms with Gasteiger partial charge in [-0.25, -0.2) is 0 Å². The van der Waals surface area contributed by atoms with Crippen molar-refractivity contribution in [2.24, 2.45) is 0 Å². The molecule has 7 heteroatoms. The van der Waals surface area contributed by atoms with Crippen LogP contribution in [-0.2, 0) is 16.6 Å². The number of hydrogen-bond acceptors (Lipinski definition) is 4. The second-order valence-electron chi connectivity index (χ2n) is 8.76. The summed E-state index contributed by atoms with van der Waals surface area (Å²) < 4.78 is 35.8. The number of alkyl halides is 2. The highest BCUT2D eigenvalue weighted by Crippen LogP contribution is 2.52. The van der Waals surface area contributed by atoms with Gasteiger partial charge in [0.1, 0.15) is 5.78 Å². The third-order valence-electron chi connectivity index (χ3n) is 6.56.